The Bertz CT molecular complexity index is 91.7. The van der Waals surface area contributed by atoms with Gasteiger partial charge in [-0.15, -0.1) is 0 Å². The molecule has 3 nitrogen and oxygen atoms in total. The molecular formula is C4H7NO2. The molecule has 0 radical (unpaired) electrons. The third-order valence-corrected chi connectivity index (χ3v) is 0.972. The van der Waals surface area contributed by atoms with Crippen LogP contribution in [0.1, 0.15) is 12.8 Å². The van der Waals surface area contributed by atoms with Crippen LogP contribution in [0.3, 0.4) is 0 Å². The highest BCUT2D eigenvalue weighted by molar-refractivity contribution is 5.77. The second kappa shape index (κ2) is 1.50. The molecule has 1 aliphatic heterocycles. The summed E-state index contributed by atoms with van der Waals surface area (Å²) in [6.45, 7) is 0. The van der Waals surface area contributed by atoms with Crippen molar-refractivity contribution in [3.05, 3.63) is 0 Å². The molecule has 1 fully saturated rings. The first-order valence-electron chi connectivity index (χ1n) is 2.26. The van der Waals surface area contributed by atoms with Gasteiger partial charge in [-0.1, -0.05) is 0 Å². The maximum absolute atomic E-state index is 10.2. The van der Waals surface area contributed by atoms with Gasteiger partial charge in [-0.3, -0.25) is 4.79 Å². The van der Waals surface area contributed by atoms with Gasteiger partial charge in [0.2, 0.25) is 5.91 Å². The lowest BCUT2D eigenvalue weighted by molar-refractivity contribution is -0.120. The highest BCUT2D eigenvalue weighted by atomic mass is 16.3. The smallest absolute Gasteiger partial charge is 0.222 e. The zero-order valence-corrected chi connectivity index (χ0v) is 3.85. The van der Waals surface area contributed by atoms with Crippen molar-refractivity contribution in [3.8, 4) is 0 Å². The predicted octanol–water partition coefficient (Wildman–Crippen LogP) is -0.785. The maximum Gasteiger partial charge on any atom is 0.222 e. The average molecular weight is 101 g/mol. The van der Waals surface area contributed by atoms with Crippen LogP contribution in [0.15, 0.2) is 0 Å². The molecule has 1 atom stereocenters. The van der Waals surface area contributed by atoms with Crippen molar-refractivity contribution in [3.63, 3.8) is 0 Å². The van der Waals surface area contributed by atoms with Crippen molar-refractivity contribution in [1.82, 2.24) is 5.32 Å². The monoisotopic (exact) mass is 101 g/mol. The Morgan fingerprint density at radius 2 is 2.57 bits per heavy atom. The van der Waals surface area contributed by atoms with E-state index >= 15 is 0 Å². The largest absolute Gasteiger partial charge is 0.374 e. The zero-order valence-electron chi connectivity index (χ0n) is 3.85. The number of rotatable bonds is 0. The minimum absolute atomic E-state index is 0.0486. The maximum atomic E-state index is 10.2. The molecule has 1 aliphatic rings. The van der Waals surface area contributed by atoms with Gasteiger partial charge in [-0.2, -0.15) is 0 Å². The summed E-state index contributed by atoms with van der Waals surface area (Å²) in [5.74, 6) is -0.0486. The fourth-order valence-corrected chi connectivity index (χ4v) is 0.598. The van der Waals surface area contributed by atoms with E-state index in [4.69, 9.17) is 5.11 Å². The molecule has 0 aliphatic carbocycles. The normalized spacial score (nSPS) is 30.4. The van der Waals surface area contributed by atoms with E-state index in [-0.39, 0.29) is 5.91 Å². The van der Waals surface area contributed by atoms with Crippen LogP contribution in [0.2, 0.25) is 0 Å². The Morgan fingerprint density at radius 1 is 1.86 bits per heavy atom. The van der Waals surface area contributed by atoms with Gasteiger partial charge in [0.1, 0.15) is 6.23 Å². The standard InChI is InChI=1S/C4H7NO2/c6-3-1-2-4(7)5-3/h3,6H,1-2H2,(H,5,7). The van der Waals surface area contributed by atoms with Gasteiger partial charge in [-0.05, 0) is 0 Å². The SMILES string of the molecule is O=C1CCC(O)N1. The molecule has 2 N–H and O–H groups in total. The predicted molar refractivity (Wildman–Crippen MR) is 23.4 cm³/mol. The van der Waals surface area contributed by atoms with Crippen molar-refractivity contribution < 1.29 is 9.90 Å². The summed E-state index contributed by atoms with van der Waals surface area (Å²) in [6.07, 6.45) is 0.465. The molecule has 40 valence electrons. The van der Waals surface area contributed by atoms with Crippen LogP contribution < -0.4 is 5.32 Å². The second-order valence-corrected chi connectivity index (χ2v) is 1.62. The summed E-state index contributed by atoms with van der Waals surface area (Å²) >= 11 is 0. The lowest BCUT2D eigenvalue weighted by Crippen LogP contribution is -2.23. The van der Waals surface area contributed by atoms with Gasteiger partial charge in [0, 0.05) is 12.8 Å². The third-order valence-electron chi connectivity index (χ3n) is 0.972. The quantitative estimate of drug-likeness (QED) is 0.420. The summed E-state index contributed by atoms with van der Waals surface area (Å²) in [4.78, 5) is 10.2. The average Bonchev–Trinajstić information content (AvgIpc) is 1.87. The van der Waals surface area contributed by atoms with E-state index in [0.717, 1.165) is 0 Å². The van der Waals surface area contributed by atoms with Crippen molar-refractivity contribution in [1.29, 1.82) is 0 Å². The van der Waals surface area contributed by atoms with E-state index in [0.29, 0.717) is 12.8 Å². The van der Waals surface area contributed by atoms with E-state index in [1.165, 1.54) is 0 Å². The van der Waals surface area contributed by atoms with E-state index < -0.39 is 6.23 Å². The van der Waals surface area contributed by atoms with Crippen LogP contribution >= 0.6 is 0 Å². The second-order valence-electron chi connectivity index (χ2n) is 1.62. The first kappa shape index (κ1) is 4.59. The summed E-state index contributed by atoms with van der Waals surface area (Å²) in [6, 6.07) is 0. The molecule has 0 saturated carbocycles. The molecule has 0 bridgehead atoms. The van der Waals surface area contributed by atoms with Gasteiger partial charge < -0.3 is 10.4 Å². The molecule has 0 aromatic carbocycles. The summed E-state index contributed by atoms with van der Waals surface area (Å²) < 4.78 is 0. The van der Waals surface area contributed by atoms with Crippen LogP contribution in [0.4, 0.5) is 0 Å². The summed E-state index contributed by atoms with van der Waals surface area (Å²) in [5, 5.41) is 10.9. The van der Waals surface area contributed by atoms with Gasteiger partial charge in [0.25, 0.3) is 0 Å². The topological polar surface area (TPSA) is 49.3 Å². The molecular weight excluding hydrogens is 94.0 g/mol. The minimum Gasteiger partial charge on any atom is -0.374 e. The Balaban J connectivity index is 2.40. The van der Waals surface area contributed by atoms with E-state index in [2.05, 4.69) is 5.32 Å². The molecule has 3 heteroatoms. The van der Waals surface area contributed by atoms with Crippen LogP contribution in [-0.2, 0) is 4.79 Å². The van der Waals surface area contributed by atoms with E-state index in [9.17, 15) is 4.79 Å². The molecule has 7 heavy (non-hydrogen) atoms. The Hall–Kier alpha value is -0.570. The molecule has 1 unspecified atom stereocenters. The number of hydrogen-bond donors (Lipinski definition) is 2. The zero-order chi connectivity index (χ0) is 5.28. The molecule has 1 amide bonds. The Labute approximate surface area is 41.3 Å². The number of nitrogens with one attached hydrogen (secondary N) is 1. The number of carbonyl (C=O) groups excluding carboxylic acids is 1. The van der Waals surface area contributed by atoms with Crippen LogP contribution in [0.25, 0.3) is 0 Å². The van der Waals surface area contributed by atoms with Gasteiger partial charge in [0.15, 0.2) is 0 Å². The fourth-order valence-electron chi connectivity index (χ4n) is 0.598. The molecule has 0 spiro atoms. The number of hydrogen-bond acceptors (Lipinski definition) is 2. The van der Waals surface area contributed by atoms with Gasteiger partial charge in [0.05, 0.1) is 0 Å². The minimum atomic E-state index is -0.576. The Kier molecular flexibility index (Phi) is 0.982. The lowest BCUT2D eigenvalue weighted by atomic mass is 10.4. The third kappa shape index (κ3) is 0.899. The van der Waals surface area contributed by atoms with Crippen LogP contribution in [-0.4, -0.2) is 17.2 Å². The van der Waals surface area contributed by atoms with Gasteiger partial charge in [-0.25, -0.2) is 0 Å². The van der Waals surface area contributed by atoms with E-state index in [1.54, 1.807) is 0 Å². The van der Waals surface area contributed by atoms with Crippen molar-refractivity contribution >= 4 is 5.91 Å². The van der Waals surface area contributed by atoms with Crippen molar-refractivity contribution in [2.24, 2.45) is 0 Å². The fraction of sp³-hybridized carbons (Fsp3) is 0.750. The number of aliphatic hydroxyl groups is 1. The molecule has 1 heterocycles. The van der Waals surface area contributed by atoms with Crippen molar-refractivity contribution in [2.75, 3.05) is 0 Å². The summed E-state index contributed by atoms with van der Waals surface area (Å²) in [5.41, 5.74) is 0. The number of aliphatic hydroxyl groups excluding tert-OH is 1. The van der Waals surface area contributed by atoms with Gasteiger partial charge >= 0.3 is 0 Å². The van der Waals surface area contributed by atoms with E-state index in [1.807, 2.05) is 0 Å². The van der Waals surface area contributed by atoms with Crippen LogP contribution in [0.5, 0.6) is 0 Å². The molecule has 1 saturated heterocycles. The first-order valence-corrected chi connectivity index (χ1v) is 2.26. The summed E-state index contributed by atoms with van der Waals surface area (Å²) in [7, 11) is 0. The molecule has 1 rings (SSSR count). The first-order chi connectivity index (χ1) is 3.29. The molecule has 0 aromatic heterocycles. The lowest BCUT2D eigenvalue weighted by Gasteiger charge is -1.95. The number of amides is 1. The Morgan fingerprint density at radius 3 is 2.71 bits per heavy atom. The number of carbonyl (C=O) groups is 1. The van der Waals surface area contributed by atoms with Crippen LogP contribution in [0, 0.1) is 0 Å². The van der Waals surface area contributed by atoms with Crippen molar-refractivity contribution in [2.45, 2.75) is 19.1 Å². The highest BCUT2D eigenvalue weighted by Gasteiger charge is 2.16. The molecule has 0 aromatic rings. The highest BCUT2D eigenvalue weighted by Crippen LogP contribution is 2.01.